The largest absolute Gasteiger partial charge is 0.451 e. The van der Waals surface area contributed by atoms with E-state index in [2.05, 4.69) is 0 Å². The third-order valence-electron chi connectivity index (χ3n) is 4.38. The van der Waals surface area contributed by atoms with Gasteiger partial charge in [0, 0.05) is 34.8 Å². The van der Waals surface area contributed by atoms with Crippen LogP contribution in [0.4, 0.5) is 5.69 Å². The number of benzene rings is 2. The van der Waals surface area contributed by atoms with Gasteiger partial charge in [-0.1, -0.05) is 30.3 Å². The van der Waals surface area contributed by atoms with Crippen molar-refractivity contribution in [3.8, 4) is 0 Å². The number of carbonyl (C=O) groups excluding carboxylic acids is 2. The van der Waals surface area contributed by atoms with E-state index in [-0.39, 0.29) is 24.2 Å². The molecule has 7 nitrogen and oxygen atoms in total. The summed E-state index contributed by atoms with van der Waals surface area (Å²) in [5.41, 5.74) is 0.950. The van der Waals surface area contributed by atoms with Gasteiger partial charge in [0.25, 0.3) is 11.6 Å². The number of fused-ring (bicyclic) bond motifs is 1. The zero-order valence-electron chi connectivity index (χ0n) is 16.0. The van der Waals surface area contributed by atoms with E-state index in [1.165, 1.54) is 23.5 Å². The molecule has 0 aliphatic carbocycles. The Morgan fingerprint density at radius 1 is 1.14 bits per heavy atom. The van der Waals surface area contributed by atoms with Crippen molar-refractivity contribution in [2.45, 2.75) is 26.4 Å². The number of hydrogen-bond donors (Lipinski definition) is 0. The van der Waals surface area contributed by atoms with Gasteiger partial charge in [0.2, 0.25) is 0 Å². The van der Waals surface area contributed by atoms with Crippen LogP contribution >= 0.6 is 11.3 Å². The van der Waals surface area contributed by atoms with Crippen LogP contribution in [0.5, 0.6) is 0 Å². The molecule has 2 aromatic carbocycles. The van der Waals surface area contributed by atoms with Crippen LogP contribution in [0.1, 0.15) is 29.1 Å². The van der Waals surface area contributed by atoms with Gasteiger partial charge < -0.3 is 9.64 Å². The minimum atomic E-state index is -0.620. The molecular weight excluding hydrogens is 392 g/mol. The van der Waals surface area contributed by atoms with Crippen molar-refractivity contribution >= 4 is 39.0 Å². The summed E-state index contributed by atoms with van der Waals surface area (Å²) in [4.78, 5) is 37.3. The van der Waals surface area contributed by atoms with Crippen LogP contribution in [0.3, 0.4) is 0 Å². The first-order chi connectivity index (χ1) is 13.8. The number of nitro benzene ring substituents is 1. The lowest BCUT2D eigenvalue weighted by atomic mass is 10.2. The Balaban J connectivity index is 1.66. The maximum absolute atomic E-state index is 12.6. The molecule has 0 unspecified atom stereocenters. The summed E-state index contributed by atoms with van der Waals surface area (Å²) in [6.45, 7) is 3.88. The number of rotatable bonds is 7. The number of hydrogen-bond acceptors (Lipinski definition) is 6. The quantitative estimate of drug-likeness (QED) is 0.326. The van der Waals surface area contributed by atoms with Crippen molar-refractivity contribution in [1.82, 2.24) is 4.90 Å². The van der Waals surface area contributed by atoms with E-state index in [1.807, 2.05) is 44.2 Å². The van der Waals surface area contributed by atoms with Crippen molar-refractivity contribution < 1.29 is 19.2 Å². The zero-order chi connectivity index (χ0) is 21.0. The lowest BCUT2D eigenvalue weighted by molar-refractivity contribution is -0.384. The molecule has 0 saturated heterocycles. The van der Waals surface area contributed by atoms with E-state index >= 15 is 0 Å². The second-order valence-electron chi connectivity index (χ2n) is 6.77. The molecule has 1 amide bonds. The van der Waals surface area contributed by atoms with E-state index in [1.54, 1.807) is 17.0 Å². The molecule has 29 heavy (non-hydrogen) atoms. The zero-order valence-corrected chi connectivity index (χ0v) is 16.8. The number of amides is 1. The lowest BCUT2D eigenvalue weighted by Crippen LogP contribution is -2.39. The number of esters is 1. The highest BCUT2D eigenvalue weighted by Crippen LogP contribution is 2.29. The van der Waals surface area contributed by atoms with Crippen LogP contribution in [0.2, 0.25) is 0 Å². The lowest BCUT2D eigenvalue weighted by Gasteiger charge is -2.26. The van der Waals surface area contributed by atoms with Crippen LogP contribution in [-0.4, -0.2) is 34.3 Å². The molecule has 0 spiro atoms. The van der Waals surface area contributed by atoms with Crippen molar-refractivity contribution in [2.75, 3.05) is 6.61 Å². The van der Waals surface area contributed by atoms with Crippen LogP contribution in [-0.2, 0) is 16.1 Å². The van der Waals surface area contributed by atoms with Gasteiger partial charge in [0.1, 0.15) is 4.88 Å². The highest BCUT2D eigenvalue weighted by Gasteiger charge is 2.20. The predicted molar refractivity (Wildman–Crippen MR) is 111 cm³/mol. The number of non-ortho nitro benzene ring substituents is 1. The second kappa shape index (κ2) is 8.83. The Morgan fingerprint density at radius 3 is 2.52 bits per heavy atom. The van der Waals surface area contributed by atoms with E-state index < -0.39 is 10.9 Å². The van der Waals surface area contributed by atoms with Gasteiger partial charge in [0.15, 0.2) is 6.61 Å². The summed E-state index contributed by atoms with van der Waals surface area (Å²) in [6.07, 6.45) is 0. The molecular formula is C21H20N2O5S. The van der Waals surface area contributed by atoms with Crippen LogP contribution in [0.25, 0.3) is 10.1 Å². The standard InChI is InChI=1S/C21H20N2O5S/c1-14(2)22(12-15-6-4-3-5-7-15)20(24)13-28-21(25)19-11-16-10-17(23(26)27)8-9-18(16)29-19/h3-11,14H,12-13H2,1-2H3. The Morgan fingerprint density at radius 2 is 1.86 bits per heavy atom. The molecule has 150 valence electrons. The molecule has 1 heterocycles. The molecule has 0 radical (unpaired) electrons. The SMILES string of the molecule is CC(C)N(Cc1ccccc1)C(=O)COC(=O)c1cc2cc([N+](=O)[O-])ccc2s1. The van der Waals surface area contributed by atoms with Crippen LogP contribution in [0, 0.1) is 10.1 Å². The van der Waals surface area contributed by atoms with Gasteiger partial charge in [-0.2, -0.15) is 0 Å². The van der Waals surface area contributed by atoms with Gasteiger partial charge in [-0.15, -0.1) is 11.3 Å². The molecule has 0 fully saturated rings. The van der Waals surface area contributed by atoms with E-state index in [0.29, 0.717) is 16.8 Å². The number of nitrogens with zero attached hydrogens (tertiary/aromatic N) is 2. The molecule has 0 bridgehead atoms. The summed E-state index contributed by atoms with van der Waals surface area (Å²) < 4.78 is 5.95. The summed E-state index contributed by atoms with van der Waals surface area (Å²) in [7, 11) is 0. The topological polar surface area (TPSA) is 89.8 Å². The van der Waals surface area contributed by atoms with Gasteiger partial charge in [-0.25, -0.2) is 4.79 Å². The first kappa shape index (κ1) is 20.5. The van der Waals surface area contributed by atoms with E-state index in [0.717, 1.165) is 10.3 Å². The van der Waals surface area contributed by atoms with E-state index in [4.69, 9.17) is 4.74 Å². The number of nitro groups is 1. The van der Waals surface area contributed by atoms with Gasteiger partial charge in [0.05, 0.1) is 4.92 Å². The fourth-order valence-corrected chi connectivity index (χ4v) is 3.80. The van der Waals surface area contributed by atoms with Crippen LogP contribution < -0.4 is 0 Å². The third-order valence-corrected chi connectivity index (χ3v) is 5.47. The summed E-state index contributed by atoms with van der Waals surface area (Å²) in [6, 6.07) is 15.5. The Hall–Kier alpha value is -3.26. The monoisotopic (exact) mass is 412 g/mol. The van der Waals surface area contributed by atoms with Crippen molar-refractivity contribution in [3.63, 3.8) is 0 Å². The molecule has 0 atom stereocenters. The predicted octanol–water partition coefficient (Wildman–Crippen LogP) is 4.40. The minimum absolute atomic E-state index is 0.0427. The summed E-state index contributed by atoms with van der Waals surface area (Å²) >= 11 is 1.17. The molecule has 3 aromatic rings. The molecule has 0 saturated carbocycles. The average molecular weight is 412 g/mol. The van der Waals surface area contributed by atoms with E-state index in [9.17, 15) is 19.7 Å². The Kier molecular flexibility index (Phi) is 6.23. The highest BCUT2D eigenvalue weighted by molar-refractivity contribution is 7.20. The molecule has 8 heteroatoms. The number of ether oxygens (including phenoxy) is 1. The normalized spacial score (nSPS) is 10.9. The van der Waals surface area contributed by atoms with Crippen molar-refractivity contribution in [1.29, 1.82) is 0 Å². The van der Waals surface area contributed by atoms with Crippen molar-refractivity contribution in [2.24, 2.45) is 0 Å². The fourth-order valence-electron chi connectivity index (χ4n) is 2.87. The van der Waals surface area contributed by atoms with Crippen molar-refractivity contribution in [3.05, 3.63) is 75.2 Å². The fraction of sp³-hybridized carbons (Fsp3) is 0.238. The average Bonchev–Trinajstić information content (AvgIpc) is 3.14. The molecule has 1 aromatic heterocycles. The summed E-state index contributed by atoms with van der Waals surface area (Å²) in [5.74, 6) is -0.903. The molecule has 0 aliphatic rings. The first-order valence-electron chi connectivity index (χ1n) is 9.03. The Labute approximate surface area is 171 Å². The molecule has 3 rings (SSSR count). The second-order valence-corrected chi connectivity index (χ2v) is 7.85. The van der Waals surface area contributed by atoms with Crippen LogP contribution in [0.15, 0.2) is 54.6 Å². The first-order valence-corrected chi connectivity index (χ1v) is 9.85. The van der Waals surface area contributed by atoms with Gasteiger partial charge in [-0.3, -0.25) is 14.9 Å². The molecule has 0 N–H and O–H groups in total. The maximum atomic E-state index is 12.6. The maximum Gasteiger partial charge on any atom is 0.348 e. The Bertz CT molecular complexity index is 1050. The minimum Gasteiger partial charge on any atom is -0.451 e. The van der Waals surface area contributed by atoms with Gasteiger partial charge >= 0.3 is 5.97 Å². The smallest absolute Gasteiger partial charge is 0.348 e. The number of thiophene rings is 1. The van der Waals surface area contributed by atoms with Gasteiger partial charge in [-0.05, 0) is 31.5 Å². The third kappa shape index (κ3) is 4.97. The highest BCUT2D eigenvalue weighted by atomic mass is 32.1. The summed E-state index contributed by atoms with van der Waals surface area (Å²) in [5, 5.41) is 11.5. The number of carbonyl (C=O) groups is 2. The molecule has 0 aliphatic heterocycles.